The van der Waals surface area contributed by atoms with E-state index in [9.17, 15) is 10.1 Å². The largest absolute Gasteiger partial charge is 0.328 e. The van der Waals surface area contributed by atoms with Gasteiger partial charge in [-0.3, -0.25) is 10.1 Å². The lowest BCUT2D eigenvalue weighted by atomic mass is 10.1. The van der Waals surface area contributed by atoms with E-state index in [1.807, 2.05) is 6.92 Å². The van der Waals surface area contributed by atoms with Gasteiger partial charge in [0.2, 0.25) is 0 Å². The molecule has 0 unspecified atom stereocenters. The summed E-state index contributed by atoms with van der Waals surface area (Å²) in [7, 11) is 0. The summed E-state index contributed by atoms with van der Waals surface area (Å²) in [4.78, 5) is 9.91. The Bertz CT molecular complexity index is 293. The van der Waals surface area contributed by atoms with Crippen LogP contribution in [-0.2, 0) is 6.42 Å². The monoisotopic (exact) mass is 180 g/mol. The molecular weight excluding hydrogens is 168 g/mol. The third-order valence-electron chi connectivity index (χ3n) is 1.70. The molecule has 0 aliphatic rings. The topological polar surface area (TPSA) is 69.2 Å². The molecule has 0 amide bonds. The van der Waals surface area contributed by atoms with Crippen LogP contribution < -0.4 is 5.73 Å². The number of rotatable bonds is 3. The van der Waals surface area contributed by atoms with Crippen LogP contribution in [0.25, 0.3) is 0 Å². The number of benzene rings is 1. The number of nitro benzene ring substituents is 1. The quantitative estimate of drug-likeness (QED) is 0.565. The number of hydrogen-bond acceptors (Lipinski definition) is 3. The van der Waals surface area contributed by atoms with Gasteiger partial charge < -0.3 is 5.73 Å². The van der Waals surface area contributed by atoms with Crippen LogP contribution in [0, 0.1) is 10.1 Å². The van der Waals surface area contributed by atoms with Crippen molar-refractivity contribution in [2.75, 3.05) is 0 Å². The van der Waals surface area contributed by atoms with E-state index in [0.717, 1.165) is 12.0 Å². The molecule has 70 valence electrons. The summed E-state index contributed by atoms with van der Waals surface area (Å²) in [6.45, 7) is 1.90. The van der Waals surface area contributed by atoms with Gasteiger partial charge in [-0.2, -0.15) is 0 Å². The molecule has 2 N–H and O–H groups in total. The summed E-state index contributed by atoms with van der Waals surface area (Å²) in [5.74, 6) is 0. The molecule has 0 aromatic heterocycles. The molecule has 1 aromatic carbocycles. The minimum Gasteiger partial charge on any atom is -0.328 e. The van der Waals surface area contributed by atoms with Crippen molar-refractivity contribution in [1.82, 2.24) is 0 Å². The molecule has 0 spiro atoms. The second-order valence-corrected chi connectivity index (χ2v) is 3.10. The summed E-state index contributed by atoms with van der Waals surface area (Å²) >= 11 is 0. The van der Waals surface area contributed by atoms with Gasteiger partial charge in [0.25, 0.3) is 5.69 Å². The molecule has 0 bridgehead atoms. The molecule has 0 radical (unpaired) electrons. The number of nitro groups is 1. The average Bonchev–Trinajstić information content (AvgIpc) is 2.04. The summed E-state index contributed by atoms with van der Waals surface area (Å²) in [6.07, 6.45) is 0.748. The Morgan fingerprint density at radius 3 is 2.38 bits per heavy atom. The number of non-ortho nitro benzene ring substituents is 1. The second-order valence-electron chi connectivity index (χ2n) is 3.10. The van der Waals surface area contributed by atoms with Crippen LogP contribution in [0.1, 0.15) is 12.5 Å². The van der Waals surface area contributed by atoms with E-state index in [4.69, 9.17) is 5.73 Å². The molecule has 0 aliphatic carbocycles. The maximum Gasteiger partial charge on any atom is 0.269 e. The molecule has 1 atom stereocenters. The predicted molar refractivity (Wildman–Crippen MR) is 50.4 cm³/mol. The van der Waals surface area contributed by atoms with E-state index in [-0.39, 0.29) is 11.7 Å². The molecule has 0 fully saturated rings. The molecular formula is C9H12N2O2. The lowest BCUT2D eigenvalue weighted by Crippen LogP contribution is -2.17. The standard InChI is InChI=1S/C9H12N2O2/c1-7(10)6-8-2-4-9(5-3-8)11(12)13/h2-5,7H,6,10H2,1H3/t7-/m1/s1. The van der Waals surface area contributed by atoms with Gasteiger partial charge in [-0.1, -0.05) is 12.1 Å². The molecule has 4 nitrogen and oxygen atoms in total. The number of nitrogens with two attached hydrogens (primary N) is 1. The summed E-state index contributed by atoms with van der Waals surface area (Å²) in [6, 6.07) is 6.56. The first-order chi connectivity index (χ1) is 6.09. The number of nitrogens with zero attached hydrogens (tertiary/aromatic N) is 1. The van der Waals surface area contributed by atoms with Gasteiger partial charge in [-0.05, 0) is 18.9 Å². The highest BCUT2D eigenvalue weighted by Gasteiger charge is 2.04. The fourth-order valence-corrected chi connectivity index (χ4v) is 1.13. The van der Waals surface area contributed by atoms with Gasteiger partial charge >= 0.3 is 0 Å². The molecule has 0 heterocycles. The first kappa shape index (κ1) is 9.67. The Labute approximate surface area is 76.5 Å². The van der Waals surface area contributed by atoms with Gasteiger partial charge in [-0.15, -0.1) is 0 Å². The molecule has 0 saturated carbocycles. The van der Waals surface area contributed by atoms with Crippen LogP contribution in [0.15, 0.2) is 24.3 Å². The summed E-state index contributed by atoms with van der Waals surface area (Å²) in [5.41, 5.74) is 6.74. The summed E-state index contributed by atoms with van der Waals surface area (Å²) < 4.78 is 0. The van der Waals surface area contributed by atoms with E-state index in [1.54, 1.807) is 12.1 Å². The molecule has 0 saturated heterocycles. The molecule has 13 heavy (non-hydrogen) atoms. The fourth-order valence-electron chi connectivity index (χ4n) is 1.13. The molecule has 1 aromatic rings. The Morgan fingerprint density at radius 1 is 1.46 bits per heavy atom. The Kier molecular flexibility index (Phi) is 2.97. The molecule has 1 rings (SSSR count). The van der Waals surface area contributed by atoms with E-state index in [0.29, 0.717) is 0 Å². The maximum atomic E-state index is 10.3. The lowest BCUT2D eigenvalue weighted by molar-refractivity contribution is -0.384. The Hall–Kier alpha value is -1.42. The van der Waals surface area contributed by atoms with E-state index in [1.165, 1.54) is 12.1 Å². The van der Waals surface area contributed by atoms with Crippen molar-refractivity contribution in [1.29, 1.82) is 0 Å². The average molecular weight is 180 g/mol. The zero-order chi connectivity index (χ0) is 9.84. The highest BCUT2D eigenvalue weighted by atomic mass is 16.6. The third kappa shape index (κ3) is 2.83. The highest BCUT2D eigenvalue weighted by Crippen LogP contribution is 2.12. The Morgan fingerprint density at radius 2 is 2.00 bits per heavy atom. The van der Waals surface area contributed by atoms with Crippen molar-refractivity contribution in [3.05, 3.63) is 39.9 Å². The minimum absolute atomic E-state index is 0.0847. The van der Waals surface area contributed by atoms with Gasteiger partial charge in [-0.25, -0.2) is 0 Å². The van der Waals surface area contributed by atoms with Crippen molar-refractivity contribution < 1.29 is 4.92 Å². The van der Waals surface area contributed by atoms with Crippen LogP contribution in [-0.4, -0.2) is 11.0 Å². The zero-order valence-electron chi connectivity index (χ0n) is 7.43. The van der Waals surface area contributed by atoms with Gasteiger partial charge in [0, 0.05) is 18.2 Å². The molecule has 4 heteroatoms. The second kappa shape index (κ2) is 4.00. The van der Waals surface area contributed by atoms with Crippen molar-refractivity contribution in [3.8, 4) is 0 Å². The Balaban J connectivity index is 2.75. The van der Waals surface area contributed by atoms with Crippen molar-refractivity contribution in [2.24, 2.45) is 5.73 Å². The minimum atomic E-state index is -0.407. The maximum absolute atomic E-state index is 10.3. The van der Waals surface area contributed by atoms with Gasteiger partial charge in [0.15, 0.2) is 0 Å². The zero-order valence-corrected chi connectivity index (χ0v) is 7.43. The van der Waals surface area contributed by atoms with Crippen LogP contribution in [0.5, 0.6) is 0 Å². The van der Waals surface area contributed by atoms with Gasteiger partial charge in [0.1, 0.15) is 0 Å². The lowest BCUT2D eigenvalue weighted by Gasteiger charge is -2.03. The van der Waals surface area contributed by atoms with Gasteiger partial charge in [0.05, 0.1) is 4.92 Å². The SMILES string of the molecule is C[C@@H](N)Cc1ccc([N+](=O)[O-])cc1. The van der Waals surface area contributed by atoms with Crippen molar-refractivity contribution in [3.63, 3.8) is 0 Å². The highest BCUT2D eigenvalue weighted by molar-refractivity contribution is 5.33. The first-order valence-electron chi connectivity index (χ1n) is 4.08. The summed E-state index contributed by atoms with van der Waals surface area (Å²) in [5, 5.41) is 10.3. The predicted octanol–water partition coefficient (Wildman–Crippen LogP) is 1.48. The molecule has 0 aliphatic heterocycles. The smallest absolute Gasteiger partial charge is 0.269 e. The van der Waals surface area contributed by atoms with E-state index < -0.39 is 4.92 Å². The normalized spacial score (nSPS) is 12.5. The number of hydrogen-bond donors (Lipinski definition) is 1. The third-order valence-corrected chi connectivity index (χ3v) is 1.70. The van der Waals surface area contributed by atoms with Crippen LogP contribution in [0.3, 0.4) is 0 Å². The van der Waals surface area contributed by atoms with E-state index in [2.05, 4.69) is 0 Å². The fraction of sp³-hybridized carbons (Fsp3) is 0.333. The van der Waals surface area contributed by atoms with Crippen LogP contribution >= 0.6 is 0 Å². The first-order valence-corrected chi connectivity index (χ1v) is 4.08. The van der Waals surface area contributed by atoms with Crippen LogP contribution in [0.2, 0.25) is 0 Å². The van der Waals surface area contributed by atoms with Crippen molar-refractivity contribution in [2.45, 2.75) is 19.4 Å². The van der Waals surface area contributed by atoms with E-state index >= 15 is 0 Å². The van der Waals surface area contributed by atoms with Crippen LogP contribution in [0.4, 0.5) is 5.69 Å². The van der Waals surface area contributed by atoms with Crippen molar-refractivity contribution >= 4 is 5.69 Å².